The Bertz CT molecular complexity index is 1350. The van der Waals surface area contributed by atoms with Crippen LogP contribution < -0.4 is 10.6 Å². The van der Waals surface area contributed by atoms with Crippen molar-refractivity contribution in [2.24, 2.45) is 4.36 Å². The van der Waals surface area contributed by atoms with Crippen molar-refractivity contribution in [1.29, 1.82) is 0 Å². The smallest absolute Gasteiger partial charge is 0.308 e. The molecule has 0 fully saturated rings. The third-order valence-electron chi connectivity index (χ3n) is 4.04. The third kappa shape index (κ3) is 7.07. The van der Waals surface area contributed by atoms with Crippen LogP contribution in [-0.4, -0.2) is 33.6 Å². The second kappa shape index (κ2) is 9.90. The highest BCUT2D eigenvalue weighted by atomic mass is 32.2. The predicted molar refractivity (Wildman–Crippen MR) is 127 cm³/mol. The molecule has 7 nitrogen and oxygen atoms in total. The van der Waals surface area contributed by atoms with Crippen LogP contribution in [0.25, 0.3) is 0 Å². The van der Waals surface area contributed by atoms with Crippen LogP contribution in [0.5, 0.6) is 0 Å². The maximum atomic E-state index is 12.3. The lowest BCUT2D eigenvalue weighted by molar-refractivity contribution is 0.100. The van der Waals surface area contributed by atoms with Crippen LogP contribution in [0.4, 0.5) is 16.2 Å². The number of pyridine rings is 1. The lowest BCUT2D eigenvalue weighted by atomic mass is 10.1. The van der Waals surface area contributed by atoms with Crippen molar-refractivity contribution in [1.82, 2.24) is 4.98 Å². The molecule has 3 rings (SSSR count). The first-order valence-electron chi connectivity index (χ1n) is 9.61. The molecule has 2 aromatic carbocycles. The Morgan fingerprint density at radius 2 is 1.56 bits per heavy atom. The summed E-state index contributed by atoms with van der Waals surface area (Å²) in [6.45, 7) is 1.95. The minimum Gasteiger partial charge on any atom is -0.308 e. The lowest BCUT2D eigenvalue weighted by Crippen LogP contribution is -2.19. The molecule has 0 aliphatic carbocycles. The summed E-state index contributed by atoms with van der Waals surface area (Å²) in [5.74, 6) is 5.33. The van der Waals surface area contributed by atoms with E-state index in [9.17, 15) is 13.8 Å². The fourth-order valence-electron chi connectivity index (χ4n) is 2.71. The van der Waals surface area contributed by atoms with Gasteiger partial charge in [-0.05, 0) is 48.9 Å². The Labute approximate surface area is 187 Å². The van der Waals surface area contributed by atoms with Gasteiger partial charge < -0.3 is 10.6 Å². The minimum atomic E-state index is -2.55. The van der Waals surface area contributed by atoms with Crippen LogP contribution in [0.1, 0.15) is 27.0 Å². The average molecular weight is 447 g/mol. The number of aromatic nitrogens is 1. The van der Waals surface area contributed by atoms with E-state index in [2.05, 4.69) is 31.8 Å². The number of aryl methyl sites for hydroxylation is 1. The zero-order valence-corrected chi connectivity index (χ0v) is 18.7. The number of benzene rings is 2. The normalized spacial score (nSPS) is 10.5. The van der Waals surface area contributed by atoms with Gasteiger partial charge in [0.25, 0.3) is 5.91 Å². The Balaban J connectivity index is 1.72. The zero-order valence-electron chi connectivity index (χ0n) is 17.9. The number of hydrogen-bond acceptors (Lipinski definition) is 4. The van der Waals surface area contributed by atoms with Gasteiger partial charge in [-0.15, -0.1) is 0 Å². The summed E-state index contributed by atoms with van der Waals surface area (Å²) in [4.78, 5) is 28.4. The van der Waals surface area contributed by atoms with Crippen molar-refractivity contribution in [2.45, 2.75) is 6.92 Å². The molecule has 0 aliphatic heterocycles. The number of carbonyl (C=O) groups is 2. The number of rotatable bonds is 3. The first-order chi connectivity index (χ1) is 15.2. The van der Waals surface area contributed by atoms with Crippen molar-refractivity contribution < 1.29 is 13.8 Å². The largest absolute Gasteiger partial charge is 0.323 e. The minimum absolute atomic E-state index is 0.219. The van der Waals surface area contributed by atoms with Crippen LogP contribution in [0.3, 0.4) is 0 Å². The molecule has 2 N–H and O–H groups in total. The fraction of sp³-hybridized carbons (Fsp3) is 0.125. The quantitative estimate of drug-likeness (QED) is 0.586. The molecule has 0 aliphatic rings. The summed E-state index contributed by atoms with van der Waals surface area (Å²) in [5, 5.41) is 5.57. The Morgan fingerprint density at radius 1 is 0.906 bits per heavy atom. The van der Waals surface area contributed by atoms with E-state index in [0.717, 1.165) is 5.56 Å². The Hall–Kier alpha value is -3.96. The molecule has 3 amide bonds. The van der Waals surface area contributed by atoms with E-state index in [1.807, 2.05) is 31.2 Å². The van der Waals surface area contributed by atoms with Crippen LogP contribution >= 0.6 is 0 Å². The summed E-state index contributed by atoms with van der Waals surface area (Å²) in [6.07, 6.45) is 5.67. The van der Waals surface area contributed by atoms with Crippen LogP contribution in [0, 0.1) is 18.8 Å². The van der Waals surface area contributed by atoms with E-state index < -0.39 is 15.6 Å². The molecule has 0 bridgehead atoms. The van der Waals surface area contributed by atoms with Gasteiger partial charge in [0, 0.05) is 57.1 Å². The molecule has 1 aromatic heterocycles. The second-order valence-corrected chi connectivity index (χ2v) is 9.86. The van der Waals surface area contributed by atoms with Gasteiger partial charge in [0.15, 0.2) is 0 Å². The SMILES string of the molecule is Cc1cccc(NC(=O)Nc2cccc(C#Cc3cncc(C(=O)N=S(C)(C)=O)c3)c2)c1. The Morgan fingerprint density at radius 3 is 2.25 bits per heavy atom. The molecule has 162 valence electrons. The Kier molecular flexibility index (Phi) is 7.03. The number of nitrogens with zero attached hydrogens (tertiary/aromatic N) is 2. The molecule has 0 saturated heterocycles. The molecule has 8 heteroatoms. The lowest BCUT2D eigenvalue weighted by Gasteiger charge is -2.08. The second-order valence-electron chi connectivity index (χ2n) is 7.32. The van der Waals surface area contributed by atoms with Gasteiger partial charge in [0.2, 0.25) is 0 Å². The first kappa shape index (κ1) is 22.7. The van der Waals surface area contributed by atoms with Crippen molar-refractivity contribution in [2.75, 3.05) is 23.1 Å². The third-order valence-corrected chi connectivity index (χ3v) is 4.64. The standard InChI is InChI=1S/C24H22N4O3S/c1-17-6-4-8-21(12-17)26-24(30)27-22-9-5-7-18(14-22)10-11-19-13-20(16-25-15-19)23(29)28-32(2,3)31/h4-9,12-16H,1-3H3,(H2,26,27,30). The van der Waals surface area contributed by atoms with Crippen LogP contribution in [0.15, 0.2) is 71.4 Å². The summed E-state index contributed by atoms with van der Waals surface area (Å²) in [6, 6.07) is 15.8. The van der Waals surface area contributed by atoms with E-state index in [-0.39, 0.29) is 11.6 Å². The van der Waals surface area contributed by atoms with Crippen molar-refractivity contribution >= 4 is 33.0 Å². The molecule has 0 unspecified atom stereocenters. The topological polar surface area (TPSA) is 101 Å². The van der Waals surface area contributed by atoms with Gasteiger partial charge in [-0.1, -0.05) is 30.0 Å². The maximum absolute atomic E-state index is 12.3. The van der Waals surface area contributed by atoms with Crippen molar-refractivity contribution in [3.8, 4) is 11.8 Å². The highest BCUT2D eigenvalue weighted by molar-refractivity contribution is 7.92. The number of amides is 3. The van der Waals surface area contributed by atoms with Gasteiger partial charge in [-0.2, -0.15) is 4.36 Å². The van der Waals surface area contributed by atoms with E-state index >= 15 is 0 Å². The van der Waals surface area contributed by atoms with Gasteiger partial charge in [-0.3, -0.25) is 9.78 Å². The monoisotopic (exact) mass is 446 g/mol. The highest BCUT2D eigenvalue weighted by Crippen LogP contribution is 2.13. The summed E-state index contributed by atoms with van der Waals surface area (Å²) < 4.78 is 15.4. The molecule has 0 atom stereocenters. The van der Waals surface area contributed by atoms with E-state index in [0.29, 0.717) is 22.5 Å². The molecular weight excluding hydrogens is 424 g/mol. The molecular formula is C24H22N4O3S. The number of carbonyl (C=O) groups excluding carboxylic acids is 2. The summed E-state index contributed by atoms with van der Waals surface area (Å²) in [5.41, 5.74) is 3.74. The number of anilines is 2. The highest BCUT2D eigenvalue weighted by Gasteiger charge is 2.07. The van der Waals surface area contributed by atoms with E-state index in [4.69, 9.17) is 0 Å². The van der Waals surface area contributed by atoms with E-state index in [1.165, 1.54) is 24.9 Å². The molecule has 0 spiro atoms. The molecule has 0 saturated carbocycles. The molecule has 1 heterocycles. The van der Waals surface area contributed by atoms with Crippen LogP contribution in [0.2, 0.25) is 0 Å². The molecule has 32 heavy (non-hydrogen) atoms. The number of urea groups is 1. The first-order valence-corrected chi connectivity index (χ1v) is 11.9. The van der Waals surface area contributed by atoms with Gasteiger partial charge in [0.05, 0.1) is 5.56 Å². The summed E-state index contributed by atoms with van der Waals surface area (Å²) >= 11 is 0. The maximum Gasteiger partial charge on any atom is 0.323 e. The van der Waals surface area contributed by atoms with Crippen molar-refractivity contribution in [3.63, 3.8) is 0 Å². The average Bonchev–Trinajstić information content (AvgIpc) is 2.71. The van der Waals surface area contributed by atoms with Crippen LogP contribution in [-0.2, 0) is 9.73 Å². The predicted octanol–water partition coefficient (Wildman–Crippen LogP) is 4.30. The number of hydrogen-bond donors (Lipinski definition) is 2. The molecule has 0 radical (unpaired) electrons. The van der Waals surface area contributed by atoms with Crippen molar-refractivity contribution in [3.05, 3.63) is 89.2 Å². The number of nitrogens with one attached hydrogen (secondary N) is 2. The van der Waals surface area contributed by atoms with E-state index in [1.54, 1.807) is 30.3 Å². The molecule has 3 aromatic rings. The van der Waals surface area contributed by atoms with Gasteiger partial charge in [0.1, 0.15) is 0 Å². The fourth-order valence-corrected chi connectivity index (χ4v) is 3.22. The van der Waals surface area contributed by atoms with Gasteiger partial charge >= 0.3 is 6.03 Å². The van der Waals surface area contributed by atoms with Gasteiger partial charge in [-0.25, -0.2) is 9.00 Å². The summed E-state index contributed by atoms with van der Waals surface area (Å²) in [7, 11) is -2.55. The zero-order chi connectivity index (χ0) is 23.1.